The van der Waals surface area contributed by atoms with E-state index in [0.29, 0.717) is 16.8 Å². The van der Waals surface area contributed by atoms with Gasteiger partial charge in [0.1, 0.15) is 11.3 Å². The number of carbonyl (C=O) groups excluding carboxylic acids is 2. The number of fused-ring (bicyclic) bond motifs is 1. The molecule has 0 aliphatic rings. The molecule has 0 bridgehead atoms. The van der Waals surface area contributed by atoms with E-state index in [1.165, 1.54) is 18.2 Å². The van der Waals surface area contributed by atoms with Crippen LogP contribution in [0, 0.1) is 0 Å². The molecule has 2 amide bonds. The number of rotatable bonds is 7. The highest BCUT2D eigenvalue weighted by Crippen LogP contribution is 2.26. The maximum absolute atomic E-state index is 12.5. The molecule has 0 unspecified atom stereocenters. The molecular weight excluding hydrogens is 449 g/mol. The lowest BCUT2D eigenvalue weighted by atomic mass is 10.1. The van der Waals surface area contributed by atoms with Gasteiger partial charge in [-0.3, -0.25) is 9.59 Å². The smallest absolute Gasteiger partial charge is 0.451 e. The number of halogens is 3. The van der Waals surface area contributed by atoms with Crippen molar-refractivity contribution in [3.63, 3.8) is 0 Å². The Morgan fingerprint density at radius 2 is 1.62 bits per heavy atom. The van der Waals surface area contributed by atoms with E-state index in [9.17, 15) is 22.8 Å². The Kier molecular flexibility index (Phi) is 6.53. The minimum atomic E-state index is -4.82. The number of alkyl halides is 3. The van der Waals surface area contributed by atoms with Gasteiger partial charge in [0.05, 0.1) is 6.42 Å². The van der Waals surface area contributed by atoms with Gasteiger partial charge in [0.2, 0.25) is 5.91 Å². The maximum Gasteiger partial charge on any atom is 0.573 e. The lowest BCUT2D eigenvalue weighted by molar-refractivity contribution is -0.274. The zero-order valence-corrected chi connectivity index (χ0v) is 17.7. The van der Waals surface area contributed by atoms with Gasteiger partial charge in [-0.1, -0.05) is 48.5 Å². The van der Waals surface area contributed by atoms with Crippen LogP contribution in [-0.4, -0.2) is 18.2 Å². The van der Waals surface area contributed by atoms with Gasteiger partial charge < -0.3 is 19.8 Å². The van der Waals surface area contributed by atoms with E-state index in [4.69, 9.17) is 4.42 Å². The molecule has 0 aliphatic carbocycles. The molecule has 34 heavy (non-hydrogen) atoms. The van der Waals surface area contributed by atoms with E-state index in [0.717, 1.165) is 5.39 Å². The summed E-state index contributed by atoms with van der Waals surface area (Å²) < 4.78 is 47.1. The van der Waals surface area contributed by atoms with Crippen LogP contribution in [0.2, 0.25) is 0 Å². The second kappa shape index (κ2) is 9.70. The summed E-state index contributed by atoms with van der Waals surface area (Å²) in [6, 6.07) is 21.2. The predicted octanol–water partition coefficient (Wildman–Crippen LogP) is 5.44. The Labute approximate surface area is 192 Å². The molecule has 2 N–H and O–H groups in total. The quantitative estimate of drug-likeness (QED) is 0.378. The lowest BCUT2D eigenvalue weighted by Crippen LogP contribution is -2.25. The second-order valence-electron chi connectivity index (χ2n) is 7.41. The number of ether oxygens (including phenoxy) is 1. The number of hydrogen-bond acceptors (Lipinski definition) is 4. The summed E-state index contributed by atoms with van der Waals surface area (Å²) in [5.41, 5.74) is 2.00. The fraction of sp³-hybridized carbons (Fsp3) is 0.120. The van der Waals surface area contributed by atoms with Gasteiger partial charge in [0.25, 0.3) is 5.91 Å². The number of furan rings is 1. The van der Waals surface area contributed by atoms with Crippen molar-refractivity contribution < 1.29 is 31.9 Å². The summed E-state index contributed by atoms with van der Waals surface area (Å²) >= 11 is 0. The molecular formula is C25H19F3N2O4. The Balaban J connectivity index is 1.31. The zero-order valence-electron chi connectivity index (χ0n) is 17.7. The molecule has 0 radical (unpaired) electrons. The van der Waals surface area contributed by atoms with E-state index in [-0.39, 0.29) is 35.9 Å². The Bertz CT molecular complexity index is 1280. The minimum Gasteiger partial charge on any atom is -0.451 e. The average molecular weight is 468 g/mol. The average Bonchev–Trinajstić information content (AvgIpc) is 3.23. The number of amides is 2. The van der Waals surface area contributed by atoms with Gasteiger partial charge in [-0.25, -0.2) is 0 Å². The van der Waals surface area contributed by atoms with Gasteiger partial charge in [-0.2, -0.15) is 0 Å². The number of nitrogens with one attached hydrogen (secondary N) is 2. The van der Waals surface area contributed by atoms with Crippen LogP contribution in [-0.2, 0) is 17.8 Å². The summed E-state index contributed by atoms with van der Waals surface area (Å²) in [4.78, 5) is 24.7. The first-order valence-corrected chi connectivity index (χ1v) is 10.3. The van der Waals surface area contributed by atoms with Crippen molar-refractivity contribution in [1.82, 2.24) is 5.32 Å². The van der Waals surface area contributed by atoms with E-state index in [1.54, 1.807) is 42.5 Å². The topological polar surface area (TPSA) is 80.6 Å². The lowest BCUT2D eigenvalue weighted by Gasteiger charge is -2.13. The summed E-state index contributed by atoms with van der Waals surface area (Å²) in [5, 5.41) is 6.14. The third-order valence-electron chi connectivity index (χ3n) is 4.90. The molecule has 4 aromatic rings. The normalized spacial score (nSPS) is 11.3. The molecule has 0 aliphatic heterocycles. The molecule has 1 heterocycles. The van der Waals surface area contributed by atoms with Crippen molar-refractivity contribution >= 4 is 28.5 Å². The van der Waals surface area contributed by atoms with Crippen molar-refractivity contribution in [1.29, 1.82) is 0 Å². The van der Waals surface area contributed by atoms with E-state index >= 15 is 0 Å². The fourth-order valence-corrected chi connectivity index (χ4v) is 3.31. The molecule has 0 fully saturated rings. The molecule has 0 atom stereocenters. The Hall–Kier alpha value is -4.27. The highest BCUT2D eigenvalue weighted by atomic mass is 19.4. The third kappa shape index (κ3) is 5.94. The molecule has 0 saturated carbocycles. The van der Waals surface area contributed by atoms with E-state index in [2.05, 4.69) is 15.4 Å². The largest absolute Gasteiger partial charge is 0.573 e. The molecule has 174 valence electrons. The summed E-state index contributed by atoms with van der Waals surface area (Å²) in [5.74, 6) is -0.957. The molecule has 0 saturated heterocycles. The summed E-state index contributed by atoms with van der Waals surface area (Å²) in [6.07, 6.45) is -4.80. The van der Waals surface area contributed by atoms with Crippen LogP contribution in [0.3, 0.4) is 0 Å². The number of carbonyl (C=O) groups is 2. The number of benzene rings is 3. The first-order chi connectivity index (χ1) is 16.3. The minimum absolute atomic E-state index is 0.0140. The van der Waals surface area contributed by atoms with Gasteiger partial charge in [0, 0.05) is 23.2 Å². The SMILES string of the molecule is O=C(Cc1ccc(NC(=O)c2cc3ccccc3o2)cc1)NCc1ccccc1OC(F)(F)F. The number of hydrogen-bond donors (Lipinski definition) is 2. The maximum atomic E-state index is 12.5. The summed E-state index contributed by atoms with van der Waals surface area (Å²) in [6.45, 7) is -0.114. The van der Waals surface area contributed by atoms with Crippen LogP contribution < -0.4 is 15.4 Å². The van der Waals surface area contributed by atoms with Gasteiger partial charge in [-0.05, 0) is 35.9 Å². The molecule has 9 heteroatoms. The number of para-hydroxylation sites is 2. The summed E-state index contributed by atoms with van der Waals surface area (Å²) in [7, 11) is 0. The third-order valence-corrected chi connectivity index (χ3v) is 4.90. The highest BCUT2D eigenvalue weighted by Gasteiger charge is 2.32. The Morgan fingerprint density at radius 1 is 0.912 bits per heavy atom. The van der Waals surface area contributed by atoms with Gasteiger partial charge in [0.15, 0.2) is 5.76 Å². The van der Waals surface area contributed by atoms with Gasteiger partial charge in [-0.15, -0.1) is 13.2 Å². The zero-order chi connectivity index (χ0) is 24.1. The van der Waals surface area contributed by atoms with Crippen LogP contribution in [0.1, 0.15) is 21.7 Å². The molecule has 1 aromatic heterocycles. The standard InChI is InChI=1S/C25H19F3N2O4/c26-25(27,28)34-21-8-4-2-6-18(21)15-29-23(31)13-16-9-11-19(12-10-16)30-24(32)22-14-17-5-1-3-7-20(17)33-22/h1-12,14H,13,15H2,(H,29,31)(H,30,32). The van der Waals surface area contributed by atoms with Gasteiger partial charge >= 0.3 is 6.36 Å². The monoisotopic (exact) mass is 468 g/mol. The highest BCUT2D eigenvalue weighted by molar-refractivity contribution is 6.04. The van der Waals surface area contributed by atoms with Crippen molar-refractivity contribution in [2.24, 2.45) is 0 Å². The first kappa shape index (κ1) is 22.9. The fourth-order valence-electron chi connectivity index (χ4n) is 3.31. The molecule has 0 spiro atoms. The van der Waals surface area contributed by atoms with Crippen LogP contribution >= 0.6 is 0 Å². The van der Waals surface area contributed by atoms with E-state index in [1.807, 2.05) is 18.2 Å². The molecule has 6 nitrogen and oxygen atoms in total. The predicted molar refractivity (Wildman–Crippen MR) is 119 cm³/mol. The van der Waals surface area contributed by atoms with Crippen molar-refractivity contribution in [3.05, 3.63) is 95.7 Å². The first-order valence-electron chi connectivity index (χ1n) is 10.3. The van der Waals surface area contributed by atoms with Crippen LogP contribution in [0.4, 0.5) is 18.9 Å². The van der Waals surface area contributed by atoms with E-state index < -0.39 is 12.3 Å². The number of anilines is 1. The van der Waals surface area contributed by atoms with Crippen LogP contribution in [0.25, 0.3) is 11.0 Å². The molecule has 3 aromatic carbocycles. The van der Waals surface area contributed by atoms with Crippen molar-refractivity contribution in [2.75, 3.05) is 5.32 Å². The van der Waals surface area contributed by atoms with Crippen LogP contribution in [0.5, 0.6) is 5.75 Å². The molecule has 4 rings (SSSR count). The second-order valence-corrected chi connectivity index (χ2v) is 7.41. The van der Waals surface area contributed by atoms with Crippen molar-refractivity contribution in [3.8, 4) is 5.75 Å². The van der Waals surface area contributed by atoms with Crippen molar-refractivity contribution in [2.45, 2.75) is 19.3 Å². The van der Waals surface area contributed by atoms with Crippen LogP contribution in [0.15, 0.2) is 83.3 Å². The Morgan fingerprint density at radius 3 is 2.35 bits per heavy atom.